The van der Waals surface area contributed by atoms with E-state index >= 15 is 0 Å². The van der Waals surface area contributed by atoms with Crippen molar-refractivity contribution in [2.45, 2.75) is 65.5 Å². The third-order valence-corrected chi connectivity index (χ3v) is 5.98. The molecule has 1 aromatic rings. The first-order valence-electron chi connectivity index (χ1n) is 8.64. The molecule has 3 nitrogen and oxygen atoms in total. The summed E-state index contributed by atoms with van der Waals surface area (Å²) < 4.78 is 0. The second-order valence-electron chi connectivity index (χ2n) is 7.01. The van der Waals surface area contributed by atoms with Gasteiger partial charge < -0.3 is 10.2 Å². The highest BCUT2D eigenvalue weighted by Crippen LogP contribution is 2.33. The van der Waals surface area contributed by atoms with Gasteiger partial charge >= 0.3 is 0 Å². The molecule has 1 saturated heterocycles. The minimum absolute atomic E-state index is 0.780. The zero-order chi connectivity index (χ0) is 14.8. The van der Waals surface area contributed by atoms with Gasteiger partial charge in [-0.05, 0) is 37.5 Å². The fourth-order valence-electron chi connectivity index (χ4n) is 3.10. The van der Waals surface area contributed by atoms with Crippen LogP contribution in [0.2, 0.25) is 0 Å². The molecule has 21 heavy (non-hydrogen) atoms. The molecule has 1 aromatic heterocycles. The first kappa shape index (κ1) is 15.3. The third kappa shape index (κ3) is 3.78. The molecule has 0 spiro atoms. The van der Waals surface area contributed by atoms with Crippen molar-refractivity contribution in [3.05, 3.63) is 10.6 Å². The number of aryl methyl sites for hydroxylation is 1. The smallest absolute Gasteiger partial charge is 0.185 e. The first-order valence-corrected chi connectivity index (χ1v) is 9.46. The van der Waals surface area contributed by atoms with Crippen molar-refractivity contribution in [3.8, 4) is 0 Å². The Hall–Kier alpha value is -0.610. The van der Waals surface area contributed by atoms with Crippen LogP contribution < -0.4 is 10.2 Å². The van der Waals surface area contributed by atoms with Crippen LogP contribution in [0.3, 0.4) is 0 Å². The summed E-state index contributed by atoms with van der Waals surface area (Å²) in [6.07, 6.45) is 6.36. The van der Waals surface area contributed by atoms with Crippen LogP contribution in [0.15, 0.2) is 0 Å². The second kappa shape index (κ2) is 6.66. The first-order chi connectivity index (χ1) is 10.2. The second-order valence-corrected chi connectivity index (χ2v) is 8.07. The number of nitrogens with zero attached hydrogens (tertiary/aromatic N) is 2. The molecule has 1 aliphatic carbocycles. The number of rotatable bonds is 7. The Morgan fingerprint density at radius 3 is 2.76 bits per heavy atom. The fraction of sp³-hybridized carbons (Fsp3) is 0.824. The lowest BCUT2D eigenvalue weighted by Gasteiger charge is -2.16. The third-order valence-electron chi connectivity index (χ3n) is 4.82. The highest BCUT2D eigenvalue weighted by Gasteiger charge is 2.28. The molecular formula is C17H29N3S. The number of hydrogen-bond acceptors (Lipinski definition) is 4. The van der Waals surface area contributed by atoms with Crippen molar-refractivity contribution < 1.29 is 0 Å². The lowest BCUT2D eigenvalue weighted by molar-refractivity contribution is 0.422. The van der Waals surface area contributed by atoms with E-state index in [0.717, 1.165) is 30.8 Å². The summed E-state index contributed by atoms with van der Waals surface area (Å²) in [7, 11) is 0. The van der Waals surface area contributed by atoms with E-state index in [1.807, 2.05) is 11.3 Å². The Kier molecular flexibility index (Phi) is 4.85. The quantitative estimate of drug-likeness (QED) is 0.830. The minimum atomic E-state index is 0.780. The van der Waals surface area contributed by atoms with Crippen molar-refractivity contribution in [2.75, 3.05) is 18.0 Å². The van der Waals surface area contributed by atoms with Crippen LogP contribution >= 0.6 is 11.3 Å². The number of anilines is 1. The molecule has 1 unspecified atom stereocenters. The van der Waals surface area contributed by atoms with Crippen molar-refractivity contribution in [3.63, 3.8) is 0 Å². The number of nitrogens with one attached hydrogen (secondary N) is 1. The normalized spacial score (nSPS) is 22.5. The fourth-order valence-corrected chi connectivity index (χ4v) is 4.20. The average molecular weight is 308 g/mol. The Labute approximate surface area is 133 Å². The van der Waals surface area contributed by atoms with Crippen LogP contribution in [0, 0.1) is 11.8 Å². The maximum absolute atomic E-state index is 4.98. The predicted octanol–water partition coefficient (Wildman–Crippen LogP) is 3.83. The van der Waals surface area contributed by atoms with Crippen molar-refractivity contribution in [2.24, 2.45) is 11.8 Å². The van der Waals surface area contributed by atoms with Gasteiger partial charge in [0, 0.05) is 30.6 Å². The van der Waals surface area contributed by atoms with Gasteiger partial charge in [0.2, 0.25) is 0 Å². The molecule has 0 amide bonds. The van der Waals surface area contributed by atoms with Crippen LogP contribution in [0.5, 0.6) is 0 Å². The maximum Gasteiger partial charge on any atom is 0.185 e. The van der Waals surface area contributed by atoms with E-state index in [9.17, 15) is 0 Å². The molecule has 1 N–H and O–H groups in total. The molecule has 1 atom stereocenters. The van der Waals surface area contributed by atoms with Crippen LogP contribution in [0.1, 0.15) is 57.0 Å². The van der Waals surface area contributed by atoms with Gasteiger partial charge in [0.1, 0.15) is 0 Å². The summed E-state index contributed by atoms with van der Waals surface area (Å²) in [4.78, 5) is 8.98. The summed E-state index contributed by atoms with van der Waals surface area (Å²) in [6, 6.07) is 0.780. The van der Waals surface area contributed by atoms with Crippen molar-refractivity contribution in [1.82, 2.24) is 10.3 Å². The standard InChI is InChI=1S/C17H29N3S/c1-4-5-15-16(10-18-14-6-7-14)21-17(19-15)20-9-8-13(11-20)12(2)3/h12-14,18H,4-11H2,1-3H3. The molecule has 1 saturated carbocycles. The van der Waals surface area contributed by atoms with E-state index < -0.39 is 0 Å². The highest BCUT2D eigenvalue weighted by atomic mass is 32.1. The van der Waals surface area contributed by atoms with Gasteiger partial charge in [-0.15, -0.1) is 11.3 Å². The summed E-state index contributed by atoms with van der Waals surface area (Å²) in [5, 5.41) is 4.93. The van der Waals surface area contributed by atoms with Crippen LogP contribution in [-0.4, -0.2) is 24.1 Å². The molecule has 1 aliphatic heterocycles. The van der Waals surface area contributed by atoms with E-state index in [1.165, 1.54) is 54.5 Å². The van der Waals surface area contributed by atoms with E-state index in [2.05, 4.69) is 31.0 Å². The zero-order valence-corrected chi connectivity index (χ0v) is 14.5. The monoisotopic (exact) mass is 307 g/mol. The van der Waals surface area contributed by atoms with Gasteiger partial charge in [0.05, 0.1) is 5.69 Å². The lowest BCUT2D eigenvalue weighted by atomic mass is 9.95. The molecule has 0 aromatic carbocycles. The number of aromatic nitrogens is 1. The molecule has 2 heterocycles. The summed E-state index contributed by atoms with van der Waals surface area (Å²) in [5.74, 6) is 1.64. The van der Waals surface area contributed by atoms with E-state index in [4.69, 9.17) is 4.98 Å². The van der Waals surface area contributed by atoms with Crippen LogP contribution in [0.4, 0.5) is 5.13 Å². The van der Waals surface area contributed by atoms with Crippen LogP contribution in [-0.2, 0) is 13.0 Å². The molecule has 4 heteroatoms. The Bertz CT molecular complexity index is 465. The van der Waals surface area contributed by atoms with Gasteiger partial charge in [-0.1, -0.05) is 27.2 Å². The average Bonchev–Trinajstić information content (AvgIpc) is 3.00. The predicted molar refractivity (Wildman–Crippen MR) is 91.1 cm³/mol. The molecular weight excluding hydrogens is 278 g/mol. The van der Waals surface area contributed by atoms with Crippen molar-refractivity contribution in [1.29, 1.82) is 0 Å². The van der Waals surface area contributed by atoms with Gasteiger partial charge in [0.15, 0.2) is 5.13 Å². The van der Waals surface area contributed by atoms with Gasteiger partial charge in [0.25, 0.3) is 0 Å². The topological polar surface area (TPSA) is 28.2 Å². The summed E-state index contributed by atoms with van der Waals surface area (Å²) >= 11 is 1.93. The lowest BCUT2D eigenvalue weighted by Crippen LogP contribution is -2.20. The molecule has 0 radical (unpaired) electrons. The van der Waals surface area contributed by atoms with Gasteiger partial charge in [-0.25, -0.2) is 4.98 Å². The largest absolute Gasteiger partial charge is 0.348 e. The Balaban J connectivity index is 1.68. The van der Waals surface area contributed by atoms with E-state index in [1.54, 1.807) is 0 Å². The molecule has 2 aliphatic rings. The van der Waals surface area contributed by atoms with E-state index in [0.29, 0.717) is 0 Å². The maximum atomic E-state index is 4.98. The molecule has 0 bridgehead atoms. The molecule has 118 valence electrons. The summed E-state index contributed by atoms with van der Waals surface area (Å²) in [5.41, 5.74) is 1.35. The number of thiazole rings is 1. The Morgan fingerprint density at radius 1 is 1.33 bits per heavy atom. The van der Waals surface area contributed by atoms with Crippen molar-refractivity contribution >= 4 is 16.5 Å². The van der Waals surface area contributed by atoms with E-state index in [-0.39, 0.29) is 0 Å². The summed E-state index contributed by atoms with van der Waals surface area (Å²) in [6.45, 7) is 10.4. The molecule has 2 fully saturated rings. The molecule has 3 rings (SSSR count). The SMILES string of the molecule is CCCc1nc(N2CCC(C(C)C)C2)sc1CNC1CC1. The minimum Gasteiger partial charge on any atom is -0.348 e. The number of hydrogen-bond donors (Lipinski definition) is 1. The van der Waals surface area contributed by atoms with Gasteiger partial charge in [-0.2, -0.15) is 0 Å². The van der Waals surface area contributed by atoms with Gasteiger partial charge in [-0.3, -0.25) is 0 Å². The zero-order valence-electron chi connectivity index (χ0n) is 13.7. The highest BCUT2D eigenvalue weighted by molar-refractivity contribution is 7.15. The Morgan fingerprint density at radius 2 is 2.14 bits per heavy atom. The van der Waals surface area contributed by atoms with Crippen LogP contribution in [0.25, 0.3) is 0 Å².